The first-order chi connectivity index (χ1) is 10.2. The Bertz CT molecular complexity index is 838. The fourth-order valence-electron chi connectivity index (χ4n) is 2.40. The van der Waals surface area contributed by atoms with E-state index in [4.69, 9.17) is 9.57 Å². The van der Waals surface area contributed by atoms with E-state index in [-0.39, 0.29) is 5.56 Å². The third kappa shape index (κ3) is 2.25. The number of hydrogen-bond donors (Lipinski definition) is 0. The Morgan fingerprint density at radius 3 is 2.38 bits per heavy atom. The molecule has 106 valence electrons. The van der Waals surface area contributed by atoms with Crippen LogP contribution in [0.15, 0.2) is 59.4 Å². The minimum absolute atomic E-state index is 0.184. The Morgan fingerprint density at radius 2 is 1.71 bits per heavy atom. The SMILES string of the molecule is COc1ccc2c(=O)n(OC)c(-c3ccccc3)cc2c1. The summed E-state index contributed by atoms with van der Waals surface area (Å²) in [7, 11) is 3.10. The number of fused-ring (bicyclic) bond motifs is 1. The van der Waals surface area contributed by atoms with E-state index in [2.05, 4.69) is 0 Å². The molecule has 21 heavy (non-hydrogen) atoms. The van der Waals surface area contributed by atoms with Crippen LogP contribution in [0.4, 0.5) is 0 Å². The summed E-state index contributed by atoms with van der Waals surface area (Å²) in [5.74, 6) is 0.719. The molecular weight excluding hydrogens is 266 g/mol. The first-order valence-electron chi connectivity index (χ1n) is 6.58. The molecule has 0 radical (unpaired) electrons. The van der Waals surface area contributed by atoms with E-state index in [1.165, 1.54) is 11.8 Å². The summed E-state index contributed by atoms with van der Waals surface area (Å²) >= 11 is 0. The molecule has 0 aliphatic heterocycles. The number of ether oxygens (including phenoxy) is 1. The van der Waals surface area contributed by atoms with Crippen LogP contribution in [0.2, 0.25) is 0 Å². The van der Waals surface area contributed by atoms with Gasteiger partial charge in [0.15, 0.2) is 0 Å². The molecule has 0 fully saturated rings. The van der Waals surface area contributed by atoms with Gasteiger partial charge >= 0.3 is 0 Å². The third-order valence-corrected chi connectivity index (χ3v) is 3.44. The van der Waals surface area contributed by atoms with Gasteiger partial charge in [0.05, 0.1) is 18.2 Å². The van der Waals surface area contributed by atoms with Gasteiger partial charge in [-0.05, 0) is 29.7 Å². The van der Waals surface area contributed by atoms with E-state index in [1.54, 1.807) is 19.2 Å². The lowest BCUT2D eigenvalue weighted by atomic mass is 10.1. The molecule has 0 atom stereocenters. The number of hydrogen-bond acceptors (Lipinski definition) is 3. The fraction of sp³-hybridized carbons (Fsp3) is 0.118. The van der Waals surface area contributed by atoms with Gasteiger partial charge in [0.1, 0.15) is 12.9 Å². The minimum Gasteiger partial charge on any atom is -0.497 e. The standard InChI is InChI=1S/C17H15NO3/c1-20-14-8-9-15-13(10-14)11-16(18(21-2)17(15)19)12-6-4-3-5-7-12/h3-11H,1-2H3. The minimum atomic E-state index is -0.184. The molecule has 4 nitrogen and oxygen atoms in total. The maximum Gasteiger partial charge on any atom is 0.291 e. The zero-order chi connectivity index (χ0) is 14.8. The fourth-order valence-corrected chi connectivity index (χ4v) is 2.40. The highest BCUT2D eigenvalue weighted by atomic mass is 16.6. The molecule has 0 aliphatic carbocycles. The van der Waals surface area contributed by atoms with Crippen molar-refractivity contribution in [2.75, 3.05) is 14.2 Å². The summed E-state index contributed by atoms with van der Waals surface area (Å²) in [5, 5.41) is 1.42. The van der Waals surface area contributed by atoms with Crippen molar-refractivity contribution in [1.82, 2.24) is 4.73 Å². The van der Waals surface area contributed by atoms with Crippen LogP contribution in [0.1, 0.15) is 0 Å². The van der Waals surface area contributed by atoms with E-state index >= 15 is 0 Å². The van der Waals surface area contributed by atoms with Crippen molar-refractivity contribution in [1.29, 1.82) is 0 Å². The molecule has 0 saturated carbocycles. The lowest BCUT2D eigenvalue weighted by Crippen LogP contribution is -2.26. The average Bonchev–Trinajstić information content (AvgIpc) is 2.55. The van der Waals surface area contributed by atoms with Crippen molar-refractivity contribution in [2.24, 2.45) is 0 Å². The molecule has 2 aromatic carbocycles. The van der Waals surface area contributed by atoms with E-state index in [0.717, 1.165) is 16.7 Å². The molecule has 0 amide bonds. The maximum atomic E-state index is 12.6. The number of rotatable bonds is 3. The Balaban J connectivity index is 2.35. The molecule has 0 N–H and O–H groups in total. The van der Waals surface area contributed by atoms with Gasteiger partial charge in [-0.2, -0.15) is 0 Å². The summed E-state index contributed by atoms with van der Waals surface area (Å²) in [6.45, 7) is 0. The molecular formula is C17H15NO3. The van der Waals surface area contributed by atoms with Crippen LogP contribution < -0.4 is 15.1 Å². The number of methoxy groups -OCH3 is 1. The van der Waals surface area contributed by atoms with Gasteiger partial charge < -0.3 is 9.57 Å². The van der Waals surface area contributed by atoms with Crippen molar-refractivity contribution >= 4 is 10.8 Å². The predicted octanol–water partition coefficient (Wildman–Crippen LogP) is 2.74. The highest BCUT2D eigenvalue weighted by Crippen LogP contribution is 2.24. The Hall–Kier alpha value is -2.75. The van der Waals surface area contributed by atoms with Gasteiger partial charge in [0, 0.05) is 5.56 Å². The van der Waals surface area contributed by atoms with Crippen molar-refractivity contribution in [3.63, 3.8) is 0 Å². The molecule has 0 bridgehead atoms. The van der Waals surface area contributed by atoms with Gasteiger partial charge in [-0.3, -0.25) is 4.79 Å². The number of pyridine rings is 1. The average molecular weight is 281 g/mol. The zero-order valence-corrected chi connectivity index (χ0v) is 11.9. The van der Waals surface area contributed by atoms with Gasteiger partial charge in [-0.15, -0.1) is 4.73 Å². The zero-order valence-electron chi connectivity index (χ0n) is 11.9. The van der Waals surface area contributed by atoms with E-state index < -0.39 is 0 Å². The molecule has 3 rings (SSSR count). The second-order valence-corrected chi connectivity index (χ2v) is 4.63. The first kappa shape index (κ1) is 13.2. The molecule has 1 heterocycles. The maximum absolute atomic E-state index is 12.6. The van der Waals surface area contributed by atoms with Crippen LogP contribution in [0.3, 0.4) is 0 Å². The van der Waals surface area contributed by atoms with E-state index in [9.17, 15) is 4.79 Å². The first-order valence-corrected chi connectivity index (χ1v) is 6.58. The highest BCUT2D eigenvalue weighted by molar-refractivity contribution is 5.86. The van der Waals surface area contributed by atoms with Crippen LogP contribution in [0, 0.1) is 0 Å². The lowest BCUT2D eigenvalue weighted by Gasteiger charge is -2.13. The van der Waals surface area contributed by atoms with Crippen molar-refractivity contribution in [2.45, 2.75) is 0 Å². The molecule has 0 spiro atoms. The summed E-state index contributed by atoms with van der Waals surface area (Å²) in [6, 6.07) is 17.0. The quantitative estimate of drug-likeness (QED) is 0.741. The summed E-state index contributed by atoms with van der Waals surface area (Å²) in [6.07, 6.45) is 0. The molecule has 1 aromatic heterocycles. The van der Waals surface area contributed by atoms with E-state index in [1.807, 2.05) is 42.5 Å². The van der Waals surface area contributed by atoms with Gasteiger partial charge in [0.25, 0.3) is 5.56 Å². The van der Waals surface area contributed by atoms with Crippen molar-refractivity contribution < 1.29 is 9.57 Å². The summed E-state index contributed by atoms with van der Waals surface area (Å²) < 4.78 is 6.53. The predicted molar refractivity (Wildman–Crippen MR) is 82.7 cm³/mol. The van der Waals surface area contributed by atoms with Crippen molar-refractivity contribution in [3.8, 4) is 17.0 Å². The second kappa shape index (κ2) is 5.32. The second-order valence-electron chi connectivity index (χ2n) is 4.63. The van der Waals surface area contributed by atoms with Crippen LogP contribution in [0.25, 0.3) is 22.0 Å². The highest BCUT2D eigenvalue weighted by Gasteiger charge is 2.11. The molecule has 3 aromatic rings. The van der Waals surface area contributed by atoms with Crippen LogP contribution in [0.5, 0.6) is 5.75 Å². The lowest BCUT2D eigenvalue weighted by molar-refractivity contribution is 0.163. The smallest absolute Gasteiger partial charge is 0.291 e. The van der Waals surface area contributed by atoms with Crippen LogP contribution in [-0.2, 0) is 0 Å². The topological polar surface area (TPSA) is 40.5 Å². The largest absolute Gasteiger partial charge is 0.497 e. The molecule has 0 saturated heterocycles. The summed E-state index contributed by atoms with van der Waals surface area (Å²) in [5.41, 5.74) is 1.45. The normalized spacial score (nSPS) is 10.6. The molecule has 4 heteroatoms. The van der Waals surface area contributed by atoms with Crippen LogP contribution >= 0.6 is 0 Å². The Labute approximate surface area is 122 Å². The molecule has 0 aliphatic rings. The number of aromatic nitrogens is 1. The van der Waals surface area contributed by atoms with E-state index in [0.29, 0.717) is 11.1 Å². The van der Waals surface area contributed by atoms with Crippen molar-refractivity contribution in [3.05, 3.63) is 65.0 Å². The third-order valence-electron chi connectivity index (χ3n) is 3.44. The summed E-state index contributed by atoms with van der Waals surface area (Å²) in [4.78, 5) is 17.8. The number of nitrogens with zero attached hydrogens (tertiary/aromatic N) is 1. The van der Waals surface area contributed by atoms with Gasteiger partial charge in [0.2, 0.25) is 0 Å². The Kier molecular flexibility index (Phi) is 3.36. The monoisotopic (exact) mass is 281 g/mol. The van der Waals surface area contributed by atoms with Crippen LogP contribution in [-0.4, -0.2) is 19.0 Å². The number of benzene rings is 2. The molecule has 0 unspecified atom stereocenters. The Morgan fingerprint density at radius 1 is 0.952 bits per heavy atom. The van der Waals surface area contributed by atoms with Gasteiger partial charge in [-0.1, -0.05) is 30.3 Å². The van der Waals surface area contributed by atoms with Gasteiger partial charge in [-0.25, -0.2) is 0 Å².